The van der Waals surface area contributed by atoms with Gasteiger partial charge < -0.3 is 5.32 Å². The van der Waals surface area contributed by atoms with Gasteiger partial charge in [-0.1, -0.05) is 0 Å². The Labute approximate surface area is 131 Å². The number of sulfonamides is 1. The Morgan fingerprint density at radius 1 is 1.41 bits per heavy atom. The van der Waals surface area contributed by atoms with E-state index in [0.29, 0.717) is 6.54 Å². The molecule has 3 N–H and O–H groups in total. The zero-order valence-corrected chi connectivity index (χ0v) is 13.5. The molecule has 0 aliphatic rings. The minimum Gasteiger partial charge on any atom is -0.373 e. The predicted octanol–water partition coefficient (Wildman–Crippen LogP) is 1.93. The van der Waals surface area contributed by atoms with Gasteiger partial charge in [-0.25, -0.2) is 18.5 Å². The van der Waals surface area contributed by atoms with Crippen molar-refractivity contribution in [2.75, 3.05) is 5.32 Å². The first kappa shape index (κ1) is 16.3. The number of nitrogens with one attached hydrogen (secondary N) is 1. The van der Waals surface area contributed by atoms with Crippen LogP contribution in [0.2, 0.25) is 0 Å². The van der Waals surface area contributed by atoms with E-state index in [1.54, 1.807) is 0 Å². The van der Waals surface area contributed by atoms with Gasteiger partial charge in [-0.15, -0.1) is 11.3 Å². The topological polar surface area (TPSA) is 128 Å². The molecule has 0 aliphatic heterocycles. The molecule has 1 heterocycles. The summed E-state index contributed by atoms with van der Waals surface area (Å²) in [6, 6.07) is 3.49. The summed E-state index contributed by atoms with van der Waals surface area (Å²) < 4.78 is 22.5. The third kappa shape index (κ3) is 3.59. The summed E-state index contributed by atoms with van der Waals surface area (Å²) in [7, 11) is -3.99. The highest BCUT2D eigenvalue weighted by molar-refractivity contribution is 7.89. The van der Waals surface area contributed by atoms with Crippen molar-refractivity contribution in [1.82, 2.24) is 4.98 Å². The van der Waals surface area contributed by atoms with Crippen LogP contribution in [-0.4, -0.2) is 18.3 Å². The van der Waals surface area contributed by atoms with Gasteiger partial charge >= 0.3 is 0 Å². The molecule has 0 unspecified atom stereocenters. The lowest BCUT2D eigenvalue weighted by Crippen LogP contribution is -2.13. The number of anilines is 1. The molecule has 2 aromatic rings. The van der Waals surface area contributed by atoms with Crippen molar-refractivity contribution >= 4 is 32.7 Å². The molecule has 118 valence electrons. The number of aryl methyl sites for hydroxylation is 2. The number of nitrogens with two attached hydrogens (primary N) is 1. The molecule has 10 heteroatoms. The van der Waals surface area contributed by atoms with Crippen LogP contribution in [0.5, 0.6) is 0 Å². The molecule has 0 spiro atoms. The average molecular weight is 342 g/mol. The molecular formula is C12H14N4O4S2. The van der Waals surface area contributed by atoms with Crippen molar-refractivity contribution < 1.29 is 13.3 Å². The third-order valence-corrected chi connectivity index (χ3v) is 4.98. The molecule has 0 atom stereocenters. The van der Waals surface area contributed by atoms with Crippen LogP contribution < -0.4 is 10.5 Å². The lowest BCUT2D eigenvalue weighted by molar-refractivity contribution is -0.384. The highest BCUT2D eigenvalue weighted by atomic mass is 32.2. The van der Waals surface area contributed by atoms with E-state index in [9.17, 15) is 18.5 Å². The molecule has 0 radical (unpaired) electrons. The molecule has 0 fully saturated rings. The van der Waals surface area contributed by atoms with Gasteiger partial charge in [-0.05, 0) is 26.0 Å². The Balaban J connectivity index is 2.28. The van der Waals surface area contributed by atoms with E-state index in [-0.39, 0.29) is 16.3 Å². The average Bonchev–Trinajstić information content (AvgIpc) is 2.74. The molecule has 1 aromatic carbocycles. The summed E-state index contributed by atoms with van der Waals surface area (Å²) in [4.78, 5) is 15.5. The number of nitrogens with zero attached hydrogens (tertiary/aromatic N) is 2. The van der Waals surface area contributed by atoms with Crippen LogP contribution in [0, 0.1) is 24.0 Å². The molecule has 0 saturated carbocycles. The summed E-state index contributed by atoms with van der Waals surface area (Å²) >= 11 is 1.50. The van der Waals surface area contributed by atoms with Gasteiger partial charge in [0, 0.05) is 10.9 Å². The summed E-state index contributed by atoms with van der Waals surface area (Å²) in [6.45, 7) is 4.15. The lowest BCUT2D eigenvalue weighted by Gasteiger charge is -2.06. The molecule has 0 amide bonds. The van der Waals surface area contributed by atoms with E-state index in [2.05, 4.69) is 10.3 Å². The van der Waals surface area contributed by atoms with Crippen molar-refractivity contribution in [1.29, 1.82) is 0 Å². The van der Waals surface area contributed by atoms with Gasteiger partial charge in [0.05, 0.1) is 22.1 Å². The van der Waals surface area contributed by atoms with Crippen LogP contribution in [-0.2, 0) is 16.6 Å². The van der Waals surface area contributed by atoms with Crippen LogP contribution >= 0.6 is 11.3 Å². The number of aromatic nitrogens is 1. The van der Waals surface area contributed by atoms with E-state index in [4.69, 9.17) is 5.14 Å². The summed E-state index contributed by atoms with van der Waals surface area (Å²) in [6.07, 6.45) is 0. The Morgan fingerprint density at radius 3 is 2.59 bits per heavy atom. The molecule has 22 heavy (non-hydrogen) atoms. The number of hydrogen-bond acceptors (Lipinski definition) is 7. The summed E-state index contributed by atoms with van der Waals surface area (Å²) in [5.41, 5.74) is 0.778. The number of primary sulfonamides is 1. The fourth-order valence-electron chi connectivity index (χ4n) is 1.77. The van der Waals surface area contributed by atoms with Crippen molar-refractivity contribution in [3.63, 3.8) is 0 Å². The van der Waals surface area contributed by atoms with Crippen LogP contribution in [0.25, 0.3) is 0 Å². The van der Waals surface area contributed by atoms with Crippen molar-refractivity contribution in [3.8, 4) is 0 Å². The quantitative estimate of drug-likeness (QED) is 0.631. The highest BCUT2D eigenvalue weighted by Gasteiger charge is 2.19. The molecule has 0 bridgehead atoms. The first-order chi connectivity index (χ1) is 10.2. The van der Waals surface area contributed by atoms with E-state index in [1.165, 1.54) is 23.5 Å². The van der Waals surface area contributed by atoms with Crippen LogP contribution in [0.3, 0.4) is 0 Å². The molecule has 0 saturated heterocycles. The maximum Gasteiger partial charge on any atom is 0.293 e. The predicted molar refractivity (Wildman–Crippen MR) is 83.4 cm³/mol. The number of hydrogen-bond donors (Lipinski definition) is 2. The molecule has 2 rings (SSSR count). The monoisotopic (exact) mass is 342 g/mol. The van der Waals surface area contributed by atoms with Crippen molar-refractivity contribution in [2.45, 2.75) is 25.3 Å². The summed E-state index contributed by atoms with van der Waals surface area (Å²) in [5.74, 6) is 0. The van der Waals surface area contributed by atoms with E-state index < -0.39 is 14.9 Å². The zero-order chi connectivity index (χ0) is 16.5. The zero-order valence-electron chi connectivity index (χ0n) is 11.9. The number of rotatable bonds is 5. The number of benzene rings is 1. The lowest BCUT2D eigenvalue weighted by atomic mass is 10.2. The van der Waals surface area contributed by atoms with Crippen LogP contribution in [0.15, 0.2) is 23.1 Å². The SMILES string of the molecule is Cc1nc(CNc2ccc(S(N)(=O)=O)cc2[N+](=O)[O-])sc1C. The normalized spacial score (nSPS) is 11.4. The maximum absolute atomic E-state index is 11.3. The maximum atomic E-state index is 11.3. The first-order valence-electron chi connectivity index (χ1n) is 6.16. The van der Waals surface area contributed by atoms with E-state index in [1.807, 2.05) is 13.8 Å². The third-order valence-electron chi connectivity index (χ3n) is 3.00. The largest absolute Gasteiger partial charge is 0.373 e. The van der Waals surface area contributed by atoms with Gasteiger partial charge in [0.15, 0.2) is 0 Å². The second-order valence-corrected chi connectivity index (χ2v) is 7.43. The Hall–Kier alpha value is -2.04. The number of nitro benzene ring substituents is 1. The molecular weight excluding hydrogens is 328 g/mol. The van der Waals surface area contributed by atoms with Gasteiger partial charge in [0.25, 0.3) is 5.69 Å². The van der Waals surface area contributed by atoms with E-state index in [0.717, 1.165) is 21.6 Å². The number of nitro groups is 1. The number of thiazole rings is 1. The van der Waals surface area contributed by atoms with Crippen LogP contribution in [0.4, 0.5) is 11.4 Å². The van der Waals surface area contributed by atoms with Crippen LogP contribution in [0.1, 0.15) is 15.6 Å². The molecule has 8 nitrogen and oxygen atoms in total. The standard InChI is InChI=1S/C12H14N4O4S2/c1-7-8(2)21-12(15-7)6-14-10-4-3-9(22(13,19)20)5-11(10)16(17)18/h3-5,14H,6H2,1-2H3,(H2,13,19,20). The van der Waals surface area contributed by atoms with Gasteiger partial charge in [-0.2, -0.15) is 0 Å². The van der Waals surface area contributed by atoms with Gasteiger partial charge in [-0.3, -0.25) is 10.1 Å². The molecule has 1 aromatic heterocycles. The Kier molecular flexibility index (Phi) is 4.44. The van der Waals surface area contributed by atoms with Crippen molar-refractivity contribution in [3.05, 3.63) is 43.9 Å². The smallest absolute Gasteiger partial charge is 0.293 e. The minimum atomic E-state index is -3.99. The fraction of sp³-hybridized carbons (Fsp3) is 0.250. The van der Waals surface area contributed by atoms with Crippen molar-refractivity contribution in [2.24, 2.45) is 5.14 Å². The van der Waals surface area contributed by atoms with Gasteiger partial charge in [0.2, 0.25) is 10.0 Å². The highest BCUT2D eigenvalue weighted by Crippen LogP contribution is 2.28. The second kappa shape index (κ2) is 5.99. The van der Waals surface area contributed by atoms with Gasteiger partial charge in [0.1, 0.15) is 10.7 Å². The summed E-state index contributed by atoms with van der Waals surface area (Å²) in [5, 5.41) is 19.8. The fourth-order valence-corrected chi connectivity index (χ4v) is 3.18. The second-order valence-electron chi connectivity index (χ2n) is 4.58. The first-order valence-corrected chi connectivity index (χ1v) is 8.53. The Morgan fingerprint density at radius 2 is 2.09 bits per heavy atom. The minimum absolute atomic E-state index is 0.211. The molecule has 0 aliphatic carbocycles. The van der Waals surface area contributed by atoms with E-state index >= 15 is 0 Å². The Bertz CT molecular complexity index is 810.